The maximum absolute atomic E-state index is 5.74. The van der Waals surface area contributed by atoms with Gasteiger partial charge in [0.2, 0.25) is 17.2 Å². The highest BCUT2D eigenvalue weighted by molar-refractivity contribution is 6.28. The molecule has 0 unspecified atom stereocenters. The summed E-state index contributed by atoms with van der Waals surface area (Å²) in [7, 11) is 0. The third kappa shape index (κ3) is 14.4. The average molecular weight is 396 g/mol. The van der Waals surface area contributed by atoms with Crippen LogP contribution in [0, 0.1) is 0 Å². The van der Waals surface area contributed by atoms with Crippen molar-refractivity contribution in [2.75, 3.05) is 17.6 Å². The van der Waals surface area contributed by atoms with Crippen LogP contribution < -0.4 is 11.1 Å². The summed E-state index contributed by atoms with van der Waals surface area (Å²) in [6.07, 6.45) is 23.1. The number of nitrogens with two attached hydrogens (primary N) is 1. The fraction of sp³-hybridized carbons (Fsp3) is 0.762. The lowest BCUT2D eigenvalue weighted by Crippen LogP contribution is -2.08. The van der Waals surface area contributed by atoms with Gasteiger partial charge >= 0.3 is 0 Å². The smallest absolute Gasteiger partial charge is 0.228 e. The van der Waals surface area contributed by atoms with E-state index in [1.54, 1.807) is 0 Å². The molecule has 0 aliphatic heterocycles. The first-order chi connectivity index (χ1) is 13.2. The lowest BCUT2D eigenvalue weighted by atomic mass is 10.1. The Kier molecular flexibility index (Phi) is 14.7. The minimum Gasteiger partial charge on any atom is -0.368 e. The fourth-order valence-corrected chi connectivity index (χ4v) is 3.18. The lowest BCUT2D eigenvalue weighted by molar-refractivity contribution is 0.602. The van der Waals surface area contributed by atoms with Crippen molar-refractivity contribution in [1.82, 2.24) is 15.0 Å². The van der Waals surface area contributed by atoms with E-state index in [-0.39, 0.29) is 11.2 Å². The Hall–Kier alpha value is -1.36. The van der Waals surface area contributed by atoms with Crippen LogP contribution in [0.1, 0.15) is 96.8 Å². The summed E-state index contributed by atoms with van der Waals surface area (Å²) < 4.78 is 0. The quantitative estimate of drug-likeness (QED) is 0.231. The zero-order valence-corrected chi connectivity index (χ0v) is 17.8. The second kappa shape index (κ2) is 16.8. The molecule has 27 heavy (non-hydrogen) atoms. The SMILES string of the molecule is CCCCCCCC/C=C\CCCCCCCCNc1nc(N)nc(Cl)n1. The summed E-state index contributed by atoms with van der Waals surface area (Å²) in [6, 6.07) is 0. The largest absolute Gasteiger partial charge is 0.368 e. The lowest BCUT2D eigenvalue weighted by Gasteiger charge is -2.05. The molecule has 1 heterocycles. The Morgan fingerprint density at radius 1 is 0.778 bits per heavy atom. The minimum atomic E-state index is 0.131. The monoisotopic (exact) mass is 395 g/mol. The maximum Gasteiger partial charge on any atom is 0.228 e. The normalized spacial score (nSPS) is 11.3. The summed E-state index contributed by atoms with van der Waals surface area (Å²) in [5.74, 6) is 0.610. The highest BCUT2D eigenvalue weighted by Crippen LogP contribution is 2.11. The first kappa shape index (κ1) is 23.7. The van der Waals surface area contributed by atoms with E-state index in [4.69, 9.17) is 17.3 Å². The van der Waals surface area contributed by atoms with Crippen LogP contribution >= 0.6 is 11.6 Å². The van der Waals surface area contributed by atoms with Crippen LogP contribution in [0.15, 0.2) is 12.2 Å². The van der Waals surface area contributed by atoms with Gasteiger partial charge < -0.3 is 11.1 Å². The van der Waals surface area contributed by atoms with Crippen molar-refractivity contribution < 1.29 is 0 Å². The van der Waals surface area contributed by atoms with Crippen molar-refractivity contribution in [2.24, 2.45) is 0 Å². The van der Waals surface area contributed by atoms with Crippen molar-refractivity contribution >= 4 is 23.5 Å². The Bertz CT molecular complexity index is 487. The van der Waals surface area contributed by atoms with E-state index >= 15 is 0 Å². The highest BCUT2D eigenvalue weighted by atomic mass is 35.5. The molecule has 5 nitrogen and oxygen atoms in total. The van der Waals surface area contributed by atoms with Gasteiger partial charge in [-0.1, -0.05) is 76.9 Å². The summed E-state index contributed by atoms with van der Waals surface area (Å²) in [4.78, 5) is 11.7. The van der Waals surface area contributed by atoms with Gasteiger partial charge in [-0.25, -0.2) is 0 Å². The van der Waals surface area contributed by atoms with Gasteiger partial charge in [-0.15, -0.1) is 0 Å². The maximum atomic E-state index is 5.74. The Morgan fingerprint density at radius 3 is 1.93 bits per heavy atom. The zero-order chi connectivity index (χ0) is 19.6. The van der Waals surface area contributed by atoms with E-state index < -0.39 is 0 Å². The molecule has 0 atom stereocenters. The highest BCUT2D eigenvalue weighted by Gasteiger charge is 2.01. The predicted octanol–water partition coefficient (Wildman–Crippen LogP) is 6.56. The number of nitrogens with one attached hydrogen (secondary N) is 1. The molecule has 0 fully saturated rings. The van der Waals surface area contributed by atoms with E-state index in [9.17, 15) is 0 Å². The predicted molar refractivity (Wildman–Crippen MR) is 117 cm³/mol. The standard InChI is InChI=1S/C21H38ClN5/c1-2-3-4-5-6-7-8-9-10-11-12-13-14-15-16-17-18-24-21-26-19(22)25-20(23)27-21/h9-10H,2-8,11-18H2,1H3,(H3,23,24,25,26,27)/b10-9-. The third-order valence-electron chi connectivity index (χ3n) is 4.60. The molecule has 0 saturated heterocycles. The number of aromatic nitrogens is 3. The van der Waals surface area contributed by atoms with Gasteiger partial charge in [0.25, 0.3) is 0 Å². The van der Waals surface area contributed by atoms with Crippen molar-refractivity contribution in [3.63, 3.8) is 0 Å². The Morgan fingerprint density at radius 2 is 1.33 bits per heavy atom. The summed E-state index contributed by atoms with van der Waals surface area (Å²) in [5, 5.41) is 3.27. The van der Waals surface area contributed by atoms with Gasteiger partial charge in [-0.05, 0) is 43.7 Å². The molecule has 1 rings (SSSR count). The van der Waals surface area contributed by atoms with E-state index in [1.165, 1.54) is 83.5 Å². The zero-order valence-electron chi connectivity index (χ0n) is 17.1. The number of anilines is 2. The molecule has 0 saturated carbocycles. The molecule has 1 aromatic rings. The molecule has 0 aliphatic rings. The molecule has 3 N–H and O–H groups in total. The number of rotatable bonds is 17. The summed E-state index contributed by atoms with van der Waals surface area (Å²) in [5.41, 5.74) is 5.53. The van der Waals surface area contributed by atoms with Crippen LogP contribution in [0.4, 0.5) is 11.9 Å². The van der Waals surface area contributed by atoms with Gasteiger partial charge in [0.15, 0.2) is 0 Å². The fourth-order valence-electron chi connectivity index (χ4n) is 3.02. The molecule has 0 radical (unpaired) electrons. The second-order valence-electron chi connectivity index (χ2n) is 7.15. The van der Waals surface area contributed by atoms with Crippen molar-refractivity contribution in [3.05, 3.63) is 17.4 Å². The van der Waals surface area contributed by atoms with Crippen LogP contribution in [0.25, 0.3) is 0 Å². The first-order valence-electron chi connectivity index (χ1n) is 10.8. The third-order valence-corrected chi connectivity index (χ3v) is 4.77. The molecule has 0 spiro atoms. The molecular weight excluding hydrogens is 358 g/mol. The molecule has 6 heteroatoms. The van der Waals surface area contributed by atoms with Crippen LogP contribution in [0.3, 0.4) is 0 Å². The topological polar surface area (TPSA) is 76.7 Å². The molecular formula is C21H38ClN5. The summed E-state index contributed by atoms with van der Waals surface area (Å²) in [6.45, 7) is 3.11. The van der Waals surface area contributed by atoms with Crippen LogP contribution in [-0.2, 0) is 0 Å². The van der Waals surface area contributed by atoms with E-state index in [1.807, 2.05) is 0 Å². The molecule has 0 aromatic carbocycles. The Balaban J connectivity index is 1.83. The van der Waals surface area contributed by atoms with Gasteiger partial charge in [0.05, 0.1) is 0 Å². The van der Waals surface area contributed by atoms with Crippen LogP contribution in [-0.4, -0.2) is 21.5 Å². The van der Waals surface area contributed by atoms with Crippen molar-refractivity contribution in [2.45, 2.75) is 96.8 Å². The summed E-state index contributed by atoms with van der Waals surface area (Å²) >= 11 is 5.74. The van der Waals surface area contributed by atoms with Crippen molar-refractivity contribution in [3.8, 4) is 0 Å². The van der Waals surface area contributed by atoms with Crippen LogP contribution in [0.2, 0.25) is 5.28 Å². The molecule has 154 valence electrons. The number of nitrogen functional groups attached to an aromatic ring is 1. The minimum absolute atomic E-state index is 0.131. The number of hydrogen-bond acceptors (Lipinski definition) is 5. The van der Waals surface area contributed by atoms with Crippen molar-refractivity contribution in [1.29, 1.82) is 0 Å². The van der Waals surface area contributed by atoms with Gasteiger partial charge in [0, 0.05) is 6.54 Å². The molecule has 1 aromatic heterocycles. The first-order valence-corrected chi connectivity index (χ1v) is 11.2. The van der Waals surface area contributed by atoms with E-state index in [0.717, 1.165) is 13.0 Å². The van der Waals surface area contributed by atoms with Crippen LogP contribution in [0.5, 0.6) is 0 Å². The number of hydrogen-bond donors (Lipinski definition) is 2. The molecule has 0 amide bonds. The van der Waals surface area contributed by atoms with E-state index in [0.29, 0.717) is 5.95 Å². The average Bonchev–Trinajstić information content (AvgIpc) is 2.63. The van der Waals surface area contributed by atoms with E-state index in [2.05, 4.69) is 39.3 Å². The second-order valence-corrected chi connectivity index (χ2v) is 7.49. The van der Waals surface area contributed by atoms with Gasteiger partial charge in [-0.3, -0.25) is 0 Å². The van der Waals surface area contributed by atoms with Gasteiger partial charge in [0.1, 0.15) is 0 Å². The number of nitrogens with zero attached hydrogens (tertiary/aromatic N) is 3. The number of halogens is 1. The molecule has 0 bridgehead atoms. The number of allylic oxidation sites excluding steroid dienone is 2. The van der Waals surface area contributed by atoms with Gasteiger partial charge in [-0.2, -0.15) is 15.0 Å². The number of unbranched alkanes of at least 4 members (excludes halogenated alkanes) is 12. The molecule has 0 aliphatic carbocycles. The Labute approximate surface area is 170 Å².